The van der Waals surface area contributed by atoms with Crippen molar-refractivity contribution in [2.24, 2.45) is 17.8 Å². The van der Waals surface area contributed by atoms with E-state index in [4.69, 9.17) is 4.74 Å². The SMILES string of the molecule is C[C@H]([C@@H]1CCN(NC(=O)OC(C)(C)C)C[C@@H]1C)[C@H](c1ccccc1)S(=O)(=O)O. The summed E-state index contributed by atoms with van der Waals surface area (Å²) in [5.74, 6) is -0.0495. The molecule has 0 radical (unpaired) electrons. The molecule has 0 unspecified atom stereocenters. The lowest BCUT2D eigenvalue weighted by atomic mass is 9.76. The zero-order valence-corrected chi connectivity index (χ0v) is 18.1. The van der Waals surface area contributed by atoms with Crippen LogP contribution in [0.4, 0.5) is 4.79 Å². The molecule has 1 aliphatic rings. The summed E-state index contributed by atoms with van der Waals surface area (Å²) in [5, 5.41) is 0.846. The third kappa shape index (κ3) is 6.18. The number of nitrogens with zero attached hydrogens (tertiary/aromatic N) is 1. The molecule has 0 aromatic heterocycles. The van der Waals surface area contributed by atoms with Crippen molar-refractivity contribution in [2.45, 2.75) is 51.9 Å². The molecule has 1 amide bonds. The van der Waals surface area contributed by atoms with Crippen molar-refractivity contribution in [1.29, 1.82) is 0 Å². The molecule has 1 heterocycles. The Bertz CT molecular complexity index is 761. The number of rotatable bonds is 5. The number of carbonyl (C=O) groups excluding carboxylic acids is 1. The van der Waals surface area contributed by atoms with Crippen LogP contribution in [0.15, 0.2) is 30.3 Å². The van der Waals surface area contributed by atoms with Gasteiger partial charge in [-0.2, -0.15) is 8.42 Å². The summed E-state index contributed by atoms with van der Waals surface area (Å²) < 4.78 is 39.4. The molecule has 1 saturated heterocycles. The van der Waals surface area contributed by atoms with Crippen molar-refractivity contribution >= 4 is 16.2 Å². The largest absolute Gasteiger partial charge is 0.443 e. The van der Waals surface area contributed by atoms with Crippen LogP contribution in [-0.2, 0) is 14.9 Å². The van der Waals surface area contributed by atoms with Gasteiger partial charge in [0.1, 0.15) is 10.9 Å². The molecule has 158 valence electrons. The molecule has 2 N–H and O–H groups in total. The van der Waals surface area contributed by atoms with Crippen LogP contribution in [0.25, 0.3) is 0 Å². The fraction of sp³-hybridized carbons (Fsp3) is 0.650. The van der Waals surface area contributed by atoms with Crippen molar-refractivity contribution in [2.75, 3.05) is 13.1 Å². The van der Waals surface area contributed by atoms with E-state index < -0.39 is 27.1 Å². The minimum absolute atomic E-state index is 0.0869. The Kier molecular flexibility index (Phi) is 7.12. The molecule has 0 aliphatic carbocycles. The summed E-state index contributed by atoms with van der Waals surface area (Å²) in [4.78, 5) is 12.0. The number of hydrogen-bond acceptors (Lipinski definition) is 5. The fourth-order valence-corrected chi connectivity index (χ4v) is 5.34. The Morgan fingerprint density at radius 3 is 2.39 bits per heavy atom. The number of ether oxygens (including phenoxy) is 1. The number of benzene rings is 1. The predicted octanol–water partition coefficient (Wildman–Crippen LogP) is 3.65. The van der Waals surface area contributed by atoms with E-state index in [0.29, 0.717) is 25.1 Å². The highest BCUT2D eigenvalue weighted by molar-refractivity contribution is 7.86. The molecule has 1 aromatic carbocycles. The zero-order valence-electron chi connectivity index (χ0n) is 17.3. The summed E-state index contributed by atoms with van der Waals surface area (Å²) >= 11 is 0. The summed E-state index contributed by atoms with van der Waals surface area (Å²) in [5.41, 5.74) is 2.79. The second kappa shape index (κ2) is 8.80. The van der Waals surface area contributed by atoms with E-state index >= 15 is 0 Å². The predicted molar refractivity (Wildman–Crippen MR) is 108 cm³/mol. The van der Waals surface area contributed by atoms with Crippen LogP contribution < -0.4 is 5.43 Å². The van der Waals surface area contributed by atoms with Crippen LogP contribution in [-0.4, -0.2) is 42.8 Å². The lowest BCUT2D eigenvalue weighted by Crippen LogP contribution is -2.52. The molecular formula is C20H32N2O5S. The smallest absolute Gasteiger partial charge is 0.422 e. The van der Waals surface area contributed by atoms with Gasteiger partial charge in [0.05, 0.1) is 0 Å². The molecule has 0 saturated carbocycles. The average Bonchev–Trinajstić information content (AvgIpc) is 2.52. The minimum atomic E-state index is -4.25. The van der Waals surface area contributed by atoms with E-state index in [1.807, 2.05) is 45.7 Å². The molecule has 1 aromatic rings. The highest BCUT2D eigenvalue weighted by Gasteiger charge is 2.40. The van der Waals surface area contributed by atoms with Gasteiger partial charge < -0.3 is 4.74 Å². The Morgan fingerprint density at radius 2 is 1.89 bits per heavy atom. The van der Waals surface area contributed by atoms with E-state index in [0.717, 1.165) is 0 Å². The Morgan fingerprint density at radius 1 is 1.29 bits per heavy atom. The third-order valence-corrected chi connectivity index (χ3v) is 6.57. The van der Waals surface area contributed by atoms with Gasteiger partial charge in [-0.05, 0) is 50.5 Å². The van der Waals surface area contributed by atoms with Gasteiger partial charge in [-0.3, -0.25) is 9.98 Å². The van der Waals surface area contributed by atoms with Crippen LogP contribution in [0, 0.1) is 17.8 Å². The van der Waals surface area contributed by atoms with Crippen LogP contribution in [0.3, 0.4) is 0 Å². The van der Waals surface area contributed by atoms with Gasteiger partial charge in [-0.25, -0.2) is 9.80 Å². The van der Waals surface area contributed by atoms with Crippen LogP contribution in [0.1, 0.15) is 51.9 Å². The summed E-state index contributed by atoms with van der Waals surface area (Å²) in [6, 6.07) is 8.84. The Labute approximate surface area is 168 Å². The van der Waals surface area contributed by atoms with E-state index in [2.05, 4.69) is 5.43 Å². The first-order valence-electron chi connectivity index (χ1n) is 9.64. The Hall–Kier alpha value is -1.64. The minimum Gasteiger partial charge on any atom is -0.443 e. The molecule has 28 heavy (non-hydrogen) atoms. The van der Waals surface area contributed by atoms with Crippen LogP contribution >= 0.6 is 0 Å². The van der Waals surface area contributed by atoms with Crippen LogP contribution in [0.2, 0.25) is 0 Å². The first kappa shape index (κ1) is 22.6. The quantitative estimate of drug-likeness (QED) is 0.717. The van der Waals surface area contributed by atoms with E-state index in [1.54, 1.807) is 24.3 Å². The number of nitrogens with one attached hydrogen (secondary N) is 1. The first-order chi connectivity index (χ1) is 12.9. The van der Waals surface area contributed by atoms with Gasteiger partial charge >= 0.3 is 6.09 Å². The lowest BCUT2D eigenvalue weighted by molar-refractivity contribution is 0.0134. The maximum atomic E-state index is 12.1. The van der Waals surface area contributed by atoms with Gasteiger partial charge in [0.15, 0.2) is 0 Å². The van der Waals surface area contributed by atoms with Crippen molar-refractivity contribution in [3.05, 3.63) is 35.9 Å². The molecule has 8 heteroatoms. The second-order valence-corrected chi connectivity index (χ2v) is 10.2. The van der Waals surface area contributed by atoms with Crippen molar-refractivity contribution < 1.29 is 22.5 Å². The summed E-state index contributed by atoms with van der Waals surface area (Å²) in [6.07, 6.45) is 0.211. The lowest BCUT2D eigenvalue weighted by Gasteiger charge is -2.41. The maximum absolute atomic E-state index is 12.1. The number of hydrazine groups is 1. The topological polar surface area (TPSA) is 95.9 Å². The maximum Gasteiger partial charge on any atom is 0.422 e. The van der Waals surface area contributed by atoms with Crippen molar-refractivity contribution in [3.63, 3.8) is 0 Å². The number of carbonyl (C=O) groups is 1. The molecule has 1 aliphatic heterocycles. The molecule has 7 nitrogen and oxygen atoms in total. The summed E-state index contributed by atoms with van der Waals surface area (Å²) in [6.45, 7) is 10.5. The normalized spacial score (nSPS) is 23.6. The number of amides is 1. The van der Waals surface area contributed by atoms with Crippen molar-refractivity contribution in [3.8, 4) is 0 Å². The summed E-state index contributed by atoms with van der Waals surface area (Å²) in [7, 11) is -4.25. The number of hydrogen-bond donors (Lipinski definition) is 2. The monoisotopic (exact) mass is 412 g/mol. The molecule has 2 rings (SSSR count). The zero-order chi connectivity index (χ0) is 21.1. The van der Waals surface area contributed by atoms with E-state index in [9.17, 15) is 17.8 Å². The average molecular weight is 413 g/mol. The highest BCUT2D eigenvalue weighted by Crippen LogP contribution is 2.40. The van der Waals surface area contributed by atoms with Gasteiger partial charge in [0, 0.05) is 13.1 Å². The molecule has 1 fully saturated rings. The van der Waals surface area contributed by atoms with Gasteiger partial charge in [0.25, 0.3) is 10.1 Å². The van der Waals surface area contributed by atoms with Crippen molar-refractivity contribution in [1.82, 2.24) is 10.4 Å². The fourth-order valence-electron chi connectivity index (χ4n) is 4.09. The molecular weight excluding hydrogens is 380 g/mol. The highest BCUT2D eigenvalue weighted by atomic mass is 32.2. The second-order valence-electron chi connectivity index (χ2n) is 8.69. The van der Waals surface area contributed by atoms with Gasteiger partial charge in [-0.15, -0.1) is 0 Å². The van der Waals surface area contributed by atoms with E-state index in [1.165, 1.54) is 0 Å². The first-order valence-corrected chi connectivity index (χ1v) is 11.1. The standard InChI is InChI=1S/C20H32N2O5S/c1-14-13-22(21-19(23)27-20(3,4)5)12-11-17(14)15(2)18(28(24,25)26)16-9-7-6-8-10-16/h6-10,14-15,17-18H,11-13H2,1-5H3,(H,21,23)(H,24,25,26)/t14-,15+,17+,18+/m0/s1. The number of piperidine rings is 1. The molecule has 4 atom stereocenters. The van der Waals surface area contributed by atoms with E-state index in [-0.39, 0.29) is 17.8 Å². The van der Waals surface area contributed by atoms with Gasteiger partial charge in [0.2, 0.25) is 0 Å². The Balaban J connectivity index is 2.07. The molecule has 0 bridgehead atoms. The third-order valence-electron chi connectivity index (χ3n) is 5.22. The van der Waals surface area contributed by atoms with Crippen LogP contribution in [0.5, 0.6) is 0 Å². The van der Waals surface area contributed by atoms with Gasteiger partial charge in [-0.1, -0.05) is 44.2 Å². The molecule has 0 spiro atoms.